The Morgan fingerprint density at radius 3 is 2.28 bits per heavy atom. The highest BCUT2D eigenvalue weighted by molar-refractivity contribution is 7.92. The summed E-state index contributed by atoms with van der Waals surface area (Å²) in [5.41, 5.74) is 1.33. The lowest BCUT2D eigenvalue weighted by Gasteiger charge is -2.12. The van der Waals surface area contributed by atoms with Gasteiger partial charge in [-0.05, 0) is 31.2 Å². The number of ether oxygens (including phenoxy) is 1. The van der Waals surface area contributed by atoms with Crippen LogP contribution in [0.5, 0.6) is 0 Å². The van der Waals surface area contributed by atoms with Gasteiger partial charge in [-0.3, -0.25) is 14.3 Å². The summed E-state index contributed by atoms with van der Waals surface area (Å²) >= 11 is 0. The van der Waals surface area contributed by atoms with Gasteiger partial charge in [0.1, 0.15) is 0 Å². The molecule has 0 saturated carbocycles. The highest BCUT2D eigenvalue weighted by atomic mass is 32.2. The average molecular weight is 361 g/mol. The van der Waals surface area contributed by atoms with Crippen LogP contribution in [0.2, 0.25) is 0 Å². The molecule has 132 valence electrons. The van der Waals surface area contributed by atoms with Crippen molar-refractivity contribution >= 4 is 27.5 Å². The molecule has 0 aliphatic heterocycles. The quantitative estimate of drug-likeness (QED) is 0.605. The molecule has 1 N–H and O–H groups in total. The number of anilines is 1. The van der Waals surface area contributed by atoms with Gasteiger partial charge in [0, 0.05) is 12.0 Å². The molecule has 0 fully saturated rings. The van der Waals surface area contributed by atoms with Crippen molar-refractivity contribution in [2.24, 2.45) is 0 Å². The summed E-state index contributed by atoms with van der Waals surface area (Å²) in [4.78, 5) is 23.6. The highest BCUT2D eigenvalue weighted by Crippen LogP contribution is 2.22. The first-order chi connectivity index (χ1) is 11.8. The minimum absolute atomic E-state index is 0.0596. The molecule has 2 aromatic carbocycles. The number of sulfonamides is 1. The smallest absolute Gasteiger partial charge is 0.305 e. The van der Waals surface area contributed by atoms with Gasteiger partial charge in [0.15, 0.2) is 5.78 Å². The zero-order valence-corrected chi connectivity index (χ0v) is 14.8. The van der Waals surface area contributed by atoms with Crippen LogP contribution >= 0.6 is 0 Å². The van der Waals surface area contributed by atoms with E-state index in [4.69, 9.17) is 0 Å². The first-order valence-electron chi connectivity index (χ1n) is 7.62. The molecule has 7 heteroatoms. The van der Waals surface area contributed by atoms with Crippen LogP contribution in [0, 0.1) is 6.92 Å². The van der Waals surface area contributed by atoms with E-state index in [1.807, 2.05) is 6.92 Å². The van der Waals surface area contributed by atoms with E-state index in [-0.39, 0.29) is 34.8 Å². The number of carbonyl (C=O) groups is 2. The standard InChI is InChI=1S/C18H19NO5S/c1-13-7-9-14(10-8-13)25(22,23)19-16-6-4-3-5-15(16)17(20)11-12-18(21)24-2/h3-10,19H,11-12H2,1-2H3. The number of carbonyl (C=O) groups excluding carboxylic acids is 2. The summed E-state index contributed by atoms with van der Waals surface area (Å²) in [6, 6.07) is 12.7. The van der Waals surface area contributed by atoms with Crippen LogP contribution in [-0.4, -0.2) is 27.3 Å². The van der Waals surface area contributed by atoms with Gasteiger partial charge in [-0.1, -0.05) is 29.8 Å². The molecule has 0 atom stereocenters. The second kappa shape index (κ2) is 7.94. The third-order valence-corrected chi connectivity index (χ3v) is 4.97. The maximum Gasteiger partial charge on any atom is 0.305 e. The molecule has 6 nitrogen and oxygen atoms in total. The molecular formula is C18H19NO5S. The van der Waals surface area contributed by atoms with Crippen LogP contribution in [0.4, 0.5) is 5.69 Å². The Balaban J connectivity index is 2.24. The monoisotopic (exact) mass is 361 g/mol. The van der Waals surface area contributed by atoms with Gasteiger partial charge in [-0.25, -0.2) is 8.42 Å². The minimum Gasteiger partial charge on any atom is -0.469 e. The molecule has 0 aliphatic rings. The summed E-state index contributed by atoms with van der Waals surface area (Å²) < 4.78 is 32.0. The molecule has 0 heterocycles. The zero-order valence-electron chi connectivity index (χ0n) is 14.0. The summed E-state index contributed by atoms with van der Waals surface area (Å²) in [6.07, 6.45) is -0.121. The summed E-state index contributed by atoms with van der Waals surface area (Å²) in [6.45, 7) is 1.86. The molecule has 0 amide bonds. The number of hydrogen-bond acceptors (Lipinski definition) is 5. The Kier molecular flexibility index (Phi) is 5.93. The van der Waals surface area contributed by atoms with Crippen molar-refractivity contribution in [1.82, 2.24) is 0 Å². The molecule has 0 aromatic heterocycles. The number of methoxy groups -OCH3 is 1. The van der Waals surface area contributed by atoms with Crippen molar-refractivity contribution in [2.75, 3.05) is 11.8 Å². The molecule has 0 aliphatic carbocycles. The fourth-order valence-corrected chi connectivity index (χ4v) is 3.27. The number of aryl methyl sites for hydroxylation is 1. The van der Waals surface area contributed by atoms with Crippen LogP contribution in [0.15, 0.2) is 53.4 Å². The molecule has 0 bridgehead atoms. The molecule has 2 rings (SSSR count). The van der Waals surface area contributed by atoms with Crippen molar-refractivity contribution in [2.45, 2.75) is 24.7 Å². The van der Waals surface area contributed by atoms with Crippen LogP contribution in [0.1, 0.15) is 28.8 Å². The molecule has 2 aromatic rings. The summed E-state index contributed by atoms with van der Waals surface area (Å²) in [7, 11) is -2.57. The van der Waals surface area contributed by atoms with E-state index in [0.717, 1.165) is 5.56 Å². The number of rotatable bonds is 7. The topological polar surface area (TPSA) is 89.5 Å². The van der Waals surface area contributed by atoms with Crippen LogP contribution < -0.4 is 4.72 Å². The first kappa shape index (κ1) is 18.7. The Morgan fingerprint density at radius 2 is 1.64 bits per heavy atom. The van der Waals surface area contributed by atoms with Gasteiger partial charge in [-0.15, -0.1) is 0 Å². The maximum atomic E-state index is 12.5. The number of nitrogens with one attached hydrogen (secondary N) is 1. The lowest BCUT2D eigenvalue weighted by molar-refractivity contribution is -0.140. The summed E-state index contributed by atoms with van der Waals surface area (Å²) in [5.74, 6) is -0.835. The molecule has 0 saturated heterocycles. The van der Waals surface area contributed by atoms with Crippen molar-refractivity contribution < 1.29 is 22.7 Å². The molecule has 0 radical (unpaired) electrons. The van der Waals surface area contributed by atoms with Crippen LogP contribution in [0.3, 0.4) is 0 Å². The minimum atomic E-state index is -3.82. The number of esters is 1. The second-order valence-corrected chi connectivity index (χ2v) is 7.15. The predicted octanol–water partition coefficient (Wildman–Crippen LogP) is 2.93. The van der Waals surface area contributed by atoms with Crippen LogP contribution in [-0.2, 0) is 19.6 Å². The fraction of sp³-hybridized carbons (Fsp3) is 0.222. The Hall–Kier alpha value is -2.67. The Labute approximate surface area is 146 Å². The number of ketones is 1. The fourth-order valence-electron chi connectivity index (χ4n) is 2.19. The number of para-hydroxylation sites is 1. The number of benzene rings is 2. The first-order valence-corrected chi connectivity index (χ1v) is 9.10. The van der Waals surface area contributed by atoms with Gasteiger partial charge in [0.25, 0.3) is 10.0 Å². The van der Waals surface area contributed by atoms with Crippen molar-refractivity contribution in [3.63, 3.8) is 0 Å². The van der Waals surface area contributed by atoms with Gasteiger partial charge in [-0.2, -0.15) is 0 Å². The normalized spacial score (nSPS) is 11.0. The van der Waals surface area contributed by atoms with E-state index in [1.165, 1.54) is 31.4 Å². The lowest BCUT2D eigenvalue weighted by Crippen LogP contribution is -2.16. The third kappa shape index (κ3) is 4.90. The van der Waals surface area contributed by atoms with Gasteiger partial charge in [0.05, 0.1) is 24.1 Å². The van der Waals surface area contributed by atoms with Crippen LogP contribution in [0.25, 0.3) is 0 Å². The average Bonchev–Trinajstić information content (AvgIpc) is 2.59. The SMILES string of the molecule is COC(=O)CCC(=O)c1ccccc1NS(=O)(=O)c1ccc(C)cc1. The third-order valence-electron chi connectivity index (χ3n) is 3.59. The van der Waals surface area contributed by atoms with E-state index in [9.17, 15) is 18.0 Å². The van der Waals surface area contributed by atoms with Crippen molar-refractivity contribution in [3.8, 4) is 0 Å². The second-order valence-electron chi connectivity index (χ2n) is 5.46. The van der Waals surface area contributed by atoms with Gasteiger partial charge in [0.2, 0.25) is 0 Å². The molecule has 0 unspecified atom stereocenters. The molecule has 0 spiro atoms. The molecular weight excluding hydrogens is 342 g/mol. The maximum absolute atomic E-state index is 12.5. The van der Waals surface area contributed by atoms with E-state index < -0.39 is 16.0 Å². The van der Waals surface area contributed by atoms with Crippen molar-refractivity contribution in [3.05, 3.63) is 59.7 Å². The Morgan fingerprint density at radius 1 is 1.00 bits per heavy atom. The van der Waals surface area contributed by atoms with E-state index in [1.54, 1.807) is 24.3 Å². The van der Waals surface area contributed by atoms with E-state index in [0.29, 0.717) is 0 Å². The molecule has 25 heavy (non-hydrogen) atoms. The number of hydrogen-bond donors (Lipinski definition) is 1. The summed E-state index contributed by atoms with van der Waals surface area (Å²) in [5, 5.41) is 0. The van der Waals surface area contributed by atoms with Crippen molar-refractivity contribution in [1.29, 1.82) is 0 Å². The number of Topliss-reactive ketones (excluding diaryl/α,β-unsaturated/α-hetero) is 1. The van der Waals surface area contributed by atoms with Gasteiger partial charge >= 0.3 is 5.97 Å². The largest absolute Gasteiger partial charge is 0.469 e. The Bertz CT molecular complexity index is 873. The van der Waals surface area contributed by atoms with E-state index in [2.05, 4.69) is 9.46 Å². The van der Waals surface area contributed by atoms with E-state index >= 15 is 0 Å². The van der Waals surface area contributed by atoms with Gasteiger partial charge < -0.3 is 4.74 Å². The predicted molar refractivity (Wildman–Crippen MR) is 94.0 cm³/mol. The lowest BCUT2D eigenvalue weighted by atomic mass is 10.1. The zero-order chi connectivity index (χ0) is 18.4. The highest BCUT2D eigenvalue weighted by Gasteiger charge is 2.19.